The number of sulfonamides is 1. The van der Waals surface area contributed by atoms with Gasteiger partial charge in [0.25, 0.3) is 10.0 Å². The van der Waals surface area contributed by atoms with Crippen LogP contribution < -0.4 is 10.5 Å². The van der Waals surface area contributed by atoms with Crippen molar-refractivity contribution < 1.29 is 8.42 Å². The first-order valence-electron chi connectivity index (χ1n) is 6.76. The van der Waals surface area contributed by atoms with Crippen molar-refractivity contribution in [2.75, 3.05) is 4.72 Å². The van der Waals surface area contributed by atoms with Gasteiger partial charge in [-0.1, -0.05) is 32.0 Å². The van der Waals surface area contributed by atoms with E-state index in [9.17, 15) is 8.42 Å². The molecule has 0 spiro atoms. The third-order valence-electron chi connectivity index (χ3n) is 3.24. The Bertz CT molecular complexity index is 734. The second-order valence-corrected chi connectivity index (χ2v) is 8.18. The molecule has 6 heteroatoms. The van der Waals surface area contributed by atoms with E-state index in [2.05, 4.69) is 4.72 Å². The summed E-state index contributed by atoms with van der Waals surface area (Å²) in [5, 5.41) is 0. The lowest BCUT2D eigenvalue weighted by Gasteiger charge is -2.14. The van der Waals surface area contributed by atoms with Crippen LogP contribution in [0, 0.1) is 6.92 Å². The molecule has 0 aliphatic carbocycles. The standard InChI is InChI=1S/C15H20N2O2S2/c1-10(2)13-6-4-5-7-14(13)17-21(18,19)15-8-12(9-16)20-11(15)3/h4-8,10,17H,9,16H2,1-3H3. The van der Waals surface area contributed by atoms with Gasteiger partial charge in [0.2, 0.25) is 0 Å². The van der Waals surface area contributed by atoms with E-state index in [1.54, 1.807) is 19.1 Å². The second kappa shape index (κ2) is 6.17. The van der Waals surface area contributed by atoms with Crippen molar-refractivity contribution in [2.45, 2.75) is 38.1 Å². The zero-order valence-corrected chi connectivity index (χ0v) is 14.0. The van der Waals surface area contributed by atoms with Crippen LogP contribution in [0.5, 0.6) is 0 Å². The van der Waals surface area contributed by atoms with Crippen LogP contribution in [0.25, 0.3) is 0 Å². The zero-order chi connectivity index (χ0) is 15.6. The van der Waals surface area contributed by atoms with Crippen LogP contribution in [0.15, 0.2) is 35.2 Å². The molecule has 0 radical (unpaired) electrons. The Morgan fingerprint density at radius 2 is 1.95 bits per heavy atom. The molecule has 0 saturated carbocycles. The summed E-state index contributed by atoms with van der Waals surface area (Å²) in [7, 11) is -3.58. The van der Waals surface area contributed by atoms with Gasteiger partial charge in [0.05, 0.1) is 5.69 Å². The molecule has 2 aromatic rings. The summed E-state index contributed by atoms with van der Waals surface area (Å²) in [4.78, 5) is 1.93. The van der Waals surface area contributed by atoms with Gasteiger partial charge in [0, 0.05) is 16.3 Å². The highest BCUT2D eigenvalue weighted by molar-refractivity contribution is 7.93. The maximum Gasteiger partial charge on any atom is 0.263 e. The maximum absolute atomic E-state index is 12.6. The number of anilines is 1. The predicted molar refractivity (Wildman–Crippen MR) is 88.3 cm³/mol. The molecule has 1 aromatic heterocycles. The summed E-state index contributed by atoms with van der Waals surface area (Å²) in [6, 6.07) is 9.12. The van der Waals surface area contributed by atoms with Gasteiger partial charge in [-0.15, -0.1) is 11.3 Å². The SMILES string of the molecule is Cc1sc(CN)cc1S(=O)(=O)Nc1ccccc1C(C)C. The smallest absolute Gasteiger partial charge is 0.263 e. The Morgan fingerprint density at radius 3 is 2.52 bits per heavy atom. The largest absolute Gasteiger partial charge is 0.326 e. The van der Waals surface area contributed by atoms with Crippen LogP contribution in [0.1, 0.15) is 35.1 Å². The number of nitrogens with two attached hydrogens (primary N) is 1. The molecule has 3 N–H and O–H groups in total. The first-order chi connectivity index (χ1) is 9.85. The molecule has 4 nitrogen and oxygen atoms in total. The number of nitrogens with one attached hydrogen (secondary N) is 1. The molecule has 114 valence electrons. The van der Waals surface area contributed by atoms with Crippen molar-refractivity contribution in [1.82, 2.24) is 0 Å². The molecule has 1 aromatic carbocycles. The van der Waals surface area contributed by atoms with Gasteiger partial charge in [-0.25, -0.2) is 8.42 Å². The molecule has 1 heterocycles. The number of aryl methyl sites for hydroxylation is 1. The topological polar surface area (TPSA) is 72.2 Å². The molecule has 0 aliphatic heterocycles. The normalized spacial score (nSPS) is 11.9. The minimum atomic E-state index is -3.58. The predicted octanol–water partition coefficient (Wildman–Crippen LogP) is 3.44. The van der Waals surface area contributed by atoms with E-state index in [0.717, 1.165) is 15.3 Å². The summed E-state index contributed by atoms with van der Waals surface area (Å²) in [6.07, 6.45) is 0. The average molecular weight is 324 g/mol. The lowest BCUT2D eigenvalue weighted by molar-refractivity contribution is 0.601. The first-order valence-corrected chi connectivity index (χ1v) is 9.06. The fourth-order valence-corrected chi connectivity index (χ4v) is 4.79. The first kappa shape index (κ1) is 16.0. The fraction of sp³-hybridized carbons (Fsp3) is 0.333. The lowest BCUT2D eigenvalue weighted by atomic mass is 10.0. The van der Waals surface area contributed by atoms with Crippen molar-refractivity contribution in [3.63, 3.8) is 0 Å². The van der Waals surface area contributed by atoms with Crippen LogP contribution in [-0.2, 0) is 16.6 Å². The summed E-state index contributed by atoms with van der Waals surface area (Å²) in [5.74, 6) is 0.243. The number of thiophene rings is 1. The average Bonchev–Trinajstić information content (AvgIpc) is 2.81. The molecule has 0 fully saturated rings. The van der Waals surface area contributed by atoms with Crippen LogP contribution >= 0.6 is 11.3 Å². The number of benzene rings is 1. The highest BCUT2D eigenvalue weighted by atomic mass is 32.2. The molecule has 21 heavy (non-hydrogen) atoms. The van der Waals surface area contributed by atoms with Gasteiger partial charge >= 0.3 is 0 Å². The fourth-order valence-electron chi connectivity index (χ4n) is 2.18. The number of para-hydroxylation sites is 1. The second-order valence-electron chi connectivity index (χ2n) is 5.18. The van der Waals surface area contributed by atoms with E-state index in [1.807, 2.05) is 32.0 Å². The van der Waals surface area contributed by atoms with Gasteiger partial charge in [0.15, 0.2) is 0 Å². The van der Waals surface area contributed by atoms with Gasteiger partial charge in [-0.3, -0.25) is 4.72 Å². The molecule has 0 atom stereocenters. The molecular formula is C15H20N2O2S2. The van der Waals surface area contributed by atoms with Crippen LogP contribution in [0.4, 0.5) is 5.69 Å². The number of hydrogen-bond acceptors (Lipinski definition) is 4. The number of hydrogen-bond donors (Lipinski definition) is 2. The highest BCUT2D eigenvalue weighted by Crippen LogP contribution is 2.30. The quantitative estimate of drug-likeness (QED) is 0.885. The summed E-state index contributed by atoms with van der Waals surface area (Å²) >= 11 is 1.42. The van der Waals surface area contributed by atoms with Gasteiger partial charge in [0.1, 0.15) is 4.90 Å². The Kier molecular flexibility index (Phi) is 4.70. The third kappa shape index (κ3) is 3.45. The zero-order valence-electron chi connectivity index (χ0n) is 12.4. The minimum Gasteiger partial charge on any atom is -0.326 e. The minimum absolute atomic E-state index is 0.243. The summed E-state index contributed by atoms with van der Waals surface area (Å²) in [6.45, 7) is 6.22. The molecule has 0 amide bonds. The Hall–Kier alpha value is -1.37. The van der Waals surface area contributed by atoms with E-state index < -0.39 is 10.0 Å². The third-order valence-corrected chi connectivity index (χ3v) is 5.93. The van der Waals surface area contributed by atoms with Crippen LogP contribution in [-0.4, -0.2) is 8.42 Å². The summed E-state index contributed by atoms with van der Waals surface area (Å²) < 4.78 is 27.9. The molecule has 0 unspecified atom stereocenters. The Balaban J connectivity index is 2.40. The maximum atomic E-state index is 12.6. The molecule has 2 rings (SSSR count). The van der Waals surface area contributed by atoms with Gasteiger partial charge in [-0.2, -0.15) is 0 Å². The van der Waals surface area contributed by atoms with Crippen molar-refractivity contribution in [3.8, 4) is 0 Å². The monoisotopic (exact) mass is 324 g/mol. The van der Waals surface area contributed by atoms with E-state index in [0.29, 0.717) is 17.1 Å². The van der Waals surface area contributed by atoms with E-state index >= 15 is 0 Å². The number of rotatable bonds is 5. The Morgan fingerprint density at radius 1 is 1.29 bits per heavy atom. The van der Waals surface area contributed by atoms with Crippen molar-refractivity contribution >= 4 is 27.0 Å². The molecule has 0 bridgehead atoms. The van der Waals surface area contributed by atoms with E-state index in [1.165, 1.54) is 11.3 Å². The van der Waals surface area contributed by atoms with E-state index in [-0.39, 0.29) is 5.92 Å². The summed E-state index contributed by atoms with van der Waals surface area (Å²) in [5.41, 5.74) is 7.20. The Labute approximate surface area is 130 Å². The van der Waals surface area contributed by atoms with E-state index in [4.69, 9.17) is 5.73 Å². The van der Waals surface area contributed by atoms with Crippen molar-refractivity contribution in [1.29, 1.82) is 0 Å². The molecule has 0 aliphatic rings. The molecular weight excluding hydrogens is 304 g/mol. The van der Waals surface area contributed by atoms with Gasteiger partial charge < -0.3 is 5.73 Å². The van der Waals surface area contributed by atoms with Crippen LogP contribution in [0.3, 0.4) is 0 Å². The van der Waals surface area contributed by atoms with Crippen molar-refractivity contribution in [2.24, 2.45) is 5.73 Å². The van der Waals surface area contributed by atoms with Crippen molar-refractivity contribution in [3.05, 3.63) is 45.6 Å². The molecule has 0 saturated heterocycles. The highest BCUT2D eigenvalue weighted by Gasteiger charge is 2.21. The van der Waals surface area contributed by atoms with Crippen LogP contribution in [0.2, 0.25) is 0 Å². The van der Waals surface area contributed by atoms with Gasteiger partial charge in [-0.05, 0) is 30.5 Å². The lowest BCUT2D eigenvalue weighted by Crippen LogP contribution is -2.14.